The number of anilines is 1. The fourth-order valence-corrected chi connectivity index (χ4v) is 4.45. The zero-order chi connectivity index (χ0) is 27.7. The molecule has 0 amide bonds. The van der Waals surface area contributed by atoms with Gasteiger partial charge < -0.3 is 14.6 Å². The van der Waals surface area contributed by atoms with E-state index in [4.69, 9.17) is 9.72 Å². The number of rotatable bonds is 6. The number of alkyl halides is 3. The first-order valence-electron chi connectivity index (χ1n) is 12.4. The summed E-state index contributed by atoms with van der Waals surface area (Å²) in [7, 11) is 0. The van der Waals surface area contributed by atoms with Gasteiger partial charge in [-0.05, 0) is 55.8 Å². The van der Waals surface area contributed by atoms with E-state index in [2.05, 4.69) is 16.5 Å². The van der Waals surface area contributed by atoms with Crippen molar-refractivity contribution in [1.29, 1.82) is 0 Å². The molecule has 10 heteroatoms. The summed E-state index contributed by atoms with van der Waals surface area (Å²) in [5, 5.41) is 0. The molecule has 0 saturated carbocycles. The lowest BCUT2D eigenvalue weighted by molar-refractivity contribution is -0.137. The number of imidazole rings is 1. The maximum absolute atomic E-state index is 13.9. The number of aromatic amines is 1. The molecule has 2 aromatic carbocycles. The van der Waals surface area contributed by atoms with Gasteiger partial charge in [-0.25, -0.2) is 14.5 Å². The molecule has 200 valence electrons. The molecule has 0 saturated heterocycles. The molecule has 0 bridgehead atoms. The van der Waals surface area contributed by atoms with Gasteiger partial charge in [-0.2, -0.15) is 13.2 Å². The highest BCUT2D eigenvalue weighted by Gasteiger charge is 2.31. The average Bonchev–Trinajstić information content (AvgIpc) is 3.35. The van der Waals surface area contributed by atoms with E-state index in [0.29, 0.717) is 47.1 Å². The summed E-state index contributed by atoms with van der Waals surface area (Å²) in [6.45, 7) is 8.27. The number of allylic oxidation sites excluding steroid dienone is 5. The number of H-pyrrole nitrogens is 1. The number of halogens is 3. The summed E-state index contributed by atoms with van der Waals surface area (Å²) in [6, 6.07) is 11.0. The molecule has 0 fully saturated rings. The van der Waals surface area contributed by atoms with Crippen LogP contribution in [0.4, 0.5) is 19.1 Å². The van der Waals surface area contributed by atoms with Crippen LogP contribution in [0.15, 0.2) is 78.1 Å². The van der Waals surface area contributed by atoms with Gasteiger partial charge in [-0.1, -0.05) is 36.9 Å². The smallest absolute Gasteiger partial charge is 0.416 e. The molecule has 0 aliphatic carbocycles. The first-order chi connectivity index (χ1) is 18.7. The Bertz CT molecular complexity index is 1680. The predicted octanol–water partition coefficient (Wildman–Crippen LogP) is 6.40. The maximum Gasteiger partial charge on any atom is 0.416 e. The van der Waals surface area contributed by atoms with Crippen molar-refractivity contribution in [3.63, 3.8) is 0 Å². The van der Waals surface area contributed by atoms with E-state index in [1.165, 1.54) is 10.6 Å². The van der Waals surface area contributed by atoms with Crippen LogP contribution in [0, 0.1) is 6.92 Å². The van der Waals surface area contributed by atoms with Gasteiger partial charge in [-0.15, -0.1) is 0 Å². The number of nitrogens with one attached hydrogen (secondary N) is 1. The molecule has 1 aliphatic rings. The molecular weight excluding hydrogens is 507 g/mol. The van der Waals surface area contributed by atoms with Gasteiger partial charge in [0.05, 0.1) is 40.1 Å². The highest BCUT2D eigenvalue weighted by atomic mass is 19.4. The molecule has 4 aromatic rings. The monoisotopic (exact) mass is 533 g/mol. The molecule has 1 aliphatic heterocycles. The predicted molar refractivity (Wildman–Crippen MR) is 145 cm³/mol. The molecular formula is C29H26F3N5O2. The summed E-state index contributed by atoms with van der Waals surface area (Å²) in [4.78, 5) is 27.9. The van der Waals surface area contributed by atoms with E-state index >= 15 is 0 Å². The lowest BCUT2D eigenvalue weighted by atomic mass is 10.1. The molecule has 5 rings (SSSR count). The number of nitrogens with zero attached hydrogens (tertiary/aromatic N) is 4. The van der Waals surface area contributed by atoms with Crippen LogP contribution in [0.5, 0.6) is 11.8 Å². The molecule has 0 atom stereocenters. The molecule has 0 radical (unpaired) electrons. The van der Waals surface area contributed by atoms with E-state index in [0.717, 1.165) is 17.7 Å². The number of fused-ring (bicyclic) bond motifs is 2. The summed E-state index contributed by atoms with van der Waals surface area (Å²) >= 11 is 0. The molecule has 0 spiro atoms. The summed E-state index contributed by atoms with van der Waals surface area (Å²) < 4.78 is 47.1. The van der Waals surface area contributed by atoms with Crippen LogP contribution in [0.3, 0.4) is 0 Å². The van der Waals surface area contributed by atoms with E-state index in [-0.39, 0.29) is 23.6 Å². The van der Waals surface area contributed by atoms with Gasteiger partial charge in [0.2, 0.25) is 5.95 Å². The Balaban J connectivity index is 1.57. The van der Waals surface area contributed by atoms with E-state index in [1.807, 2.05) is 49.1 Å². The van der Waals surface area contributed by atoms with Crippen molar-refractivity contribution in [3.8, 4) is 11.8 Å². The minimum absolute atomic E-state index is 0.126. The van der Waals surface area contributed by atoms with Crippen molar-refractivity contribution in [2.24, 2.45) is 0 Å². The van der Waals surface area contributed by atoms with Crippen LogP contribution >= 0.6 is 0 Å². The Hall–Kier alpha value is -4.60. The zero-order valence-corrected chi connectivity index (χ0v) is 21.4. The number of hydrogen-bond donors (Lipinski definition) is 1. The SMILES string of the molecule is C=C/C(=C\C=C/C)n1c(Oc2ccccc2C)nc2c(c1=O)CN(c1nc3ccc(C(F)(F)F)cc3[nH]1)CC2. The van der Waals surface area contributed by atoms with Crippen LogP contribution in [0.2, 0.25) is 0 Å². The fraction of sp³-hybridized carbons (Fsp3) is 0.207. The van der Waals surface area contributed by atoms with E-state index in [1.54, 1.807) is 18.2 Å². The molecule has 3 heterocycles. The lowest BCUT2D eigenvalue weighted by Gasteiger charge is -2.28. The molecule has 2 aromatic heterocycles. The fourth-order valence-electron chi connectivity index (χ4n) is 4.45. The van der Waals surface area contributed by atoms with Crippen LogP contribution in [-0.2, 0) is 19.1 Å². The first-order valence-corrected chi connectivity index (χ1v) is 12.4. The van der Waals surface area contributed by atoms with E-state index < -0.39 is 11.7 Å². The Morgan fingerprint density at radius 3 is 2.69 bits per heavy atom. The standard InChI is InChI=1S/C29H26F3N5O2/c1-4-6-10-20(5-2)37-26(38)21-17-36(27-33-23-13-12-19(29(30,31)32)16-24(23)34-27)15-14-22(21)35-28(37)39-25-11-8-7-9-18(25)3/h4-13,16H,2,14-15,17H2,1,3H3,(H,33,34)/b6-4-,20-10+. The van der Waals surface area contributed by atoms with Crippen molar-refractivity contribution in [3.05, 3.63) is 106 Å². The van der Waals surface area contributed by atoms with Crippen LogP contribution in [0.1, 0.15) is 29.3 Å². The summed E-state index contributed by atoms with van der Waals surface area (Å²) in [6.07, 6.45) is 2.87. The van der Waals surface area contributed by atoms with Gasteiger partial charge in [-0.3, -0.25) is 4.79 Å². The Labute approximate surface area is 222 Å². The number of aryl methyl sites for hydroxylation is 1. The third kappa shape index (κ3) is 5.09. The second kappa shape index (κ2) is 10.3. The number of hydrogen-bond acceptors (Lipinski definition) is 5. The van der Waals surface area contributed by atoms with Gasteiger partial charge in [0, 0.05) is 13.0 Å². The van der Waals surface area contributed by atoms with Crippen LogP contribution < -0.4 is 15.2 Å². The molecule has 1 N–H and O–H groups in total. The minimum Gasteiger partial charge on any atom is -0.425 e. The van der Waals surface area contributed by atoms with Crippen molar-refractivity contribution in [2.45, 2.75) is 33.0 Å². The lowest BCUT2D eigenvalue weighted by Crippen LogP contribution is -2.38. The second-order valence-electron chi connectivity index (χ2n) is 9.11. The molecule has 0 unspecified atom stereocenters. The van der Waals surface area contributed by atoms with Gasteiger partial charge in [0.25, 0.3) is 5.56 Å². The first kappa shape index (κ1) is 26.0. The number of aromatic nitrogens is 4. The van der Waals surface area contributed by atoms with Crippen molar-refractivity contribution >= 4 is 22.7 Å². The Morgan fingerprint density at radius 1 is 1.18 bits per heavy atom. The maximum atomic E-state index is 13.9. The van der Waals surface area contributed by atoms with Gasteiger partial charge in [0.1, 0.15) is 5.75 Å². The van der Waals surface area contributed by atoms with Gasteiger partial charge >= 0.3 is 12.2 Å². The third-order valence-corrected chi connectivity index (χ3v) is 6.52. The summed E-state index contributed by atoms with van der Waals surface area (Å²) in [5.74, 6) is 0.958. The topological polar surface area (TPSA) is 76.0 Å². The molecule has 39 heavy (non-hydrogen) atoms. The highest BCUT2D eigenvalue weighted by molar-refractivity contribution is 5.78. The zero-order valence-electron chi connectivity index (χ0n) is 21.4. The minimum atomic E-state index is -4.46. The normalized spacial score (nSPS) is 14.2. The third-order valence-electron chi connectivity index (χ3n) is 6.52. The Morgan fingerprint density at radius 2 is 1.97 bits per heavy atom. The average molecular weight is 534 g/mol. The largest absolute Gasteiger partial charge is 0.425 e. The molecule has 7 nitrogen and oxygen atoms in total. The highest BCUT2D eigenvalue weighted by Crippen LogP contribution is 2.32. The Kier molecular flexibility index (Phi) is 6.86. The quantitative estimate of drug-likeness (QED) is 0.290. The number of ether oxygens (including phenoxy) is 1. The number of benzene rings is 2. The van der Waals surface area contributed by atoms with Crippen molar-refractivity contribution in [1.82, 2.24) is 19.5 Å². The van der Waals surface area contributed by atoms with E-state index in [9.17, 15) is 18.0 Å². The van der Waals surface area contributed by atoms with Crippen molar-refractivity contribution < 1.29 is 17.9 Å². The number of para-hydroxylation sites is 1. The van der Waals surface area contributed by atoms with Crippen LogP contribution in [0.25, 0.3) is 16.7 Å². The second-order valence-corrected chi connectivity index (χ2v) is 9.11. The summed E-state index contributed by atoms with van der Waals surface area (Å²) in [5.41, 5.74) is 2.02. The van der Waals surface area contributed by atoms with Crippen LogP contribution in [-0.4, -0.2) is 26.1 Å². The van der Waals surface area contributed by atoms with Gasteiger partial charge in [0.15, 0.2) is 0 Å². The van der Waals surface area contributed by atoms with Crippen molar-refractivity contribution in [2.75, 3.05) is 11.4 Å².